The third-order valence-corrected chi connectivity index (χ3v) is 14.3. The van der Waals surface area contributed by atoms with E-state index in [2.05, 4.69) is 89.3 Å². The first-order valence-corrected chi connectivity index (χ1v) is 17.9. The number of hydrogen-bond acceptors (Lipinski definition) is 4. The van der Waals surface area contributed by atoms with Gasteiger partial charge in [0.05, 0.1) is 0 Å². The van der Waals surface area contributed by atoms with Crippen LogP contribution >= 0.6 is 0 Å². The standard InChI is InChI=1S/C38H20N4OSe2/c1-38(2)29(28(19-41)35(43-38)22(17-39)18-40)15-12-23-16-30-36(44-23)32-27-9-5-7-21-11-14-26-25-13-10-20-6-3-4-8-24(20)33(25)42(37(32)45-30)34(26)31(21)27/h3-16H,1-2H3/b15-12+. The van der Waals surface area contributed by atoms with Crippen LogP contribution in [0.1, 0.15) is 18.3 Å². The van der Waals surface area contributed by atoms with Crippen molar-refractivity contribution in [2.45, 2.75) is 19.4 Å². The molecule has 0 fully saturated rings. The van der Waals surface area contributed by atoms with Crippen LogP contribution in [-0.2, 0) is 4.74 Å². The zero-order valence-electron chi connectivity index (χ0n) is 24.1. The summed E-state index contributed by atoms with van der Waals surface area (Å²) in [7, 11) is 0. The van der Waals surface area contributed by atoms with Crippen molar-refractivity contribution in [2.24, 2.45) is 0 Å². The van der Waals surface area contributed by atoms with Crippen LogP contribution in [0.4, 0.5) is 0 Å². The minimum absolute atomic E-state index is 0.0727. The fourth-order valence-electron chi connectivity index (χ4n) is 7.07. The van der Waals surface area contributed by atoms with E-state index in [4.69, 9.17) is 4.74 Å². The first kappa shape index (κ1) is 26.4. The number of rotatable bonds is 2. The Hall–Kier alpha value is -5.05. The predicted octanol–water partition coefficient (Wildman–Crippen LogP) is 8.35. The molecule has 0 atom stereocenters. The summed E-state index contributed by atoms with van der Waals surface area (Å²) in [5.41, 5.74) is 2.55. The van der Waals surface area contributed by atoms with Crippen LogP contribution in [0.5, 0.6) is 0 Å². The Labute approximate surface area is 269 Å². The van der Waals surface area contributed by atoms with Gasteiger partial charge >= 0.3 is 270 Å². The molecular weight excluding hydrogens is 686 g/mol. The Bertz CT molecular complexity index is 2810. The van der Waals surface area contributed by atoms with E-state index in [1.165, 1.54) is 71.5 Å². The molecule has 0 N–H and O–H groups in total. The van der Waals surface area contributed by atoms with E-state index in [1.54, 1.807) is 0 Å². The van der Waals surface area contributed by atoms with Gasteiger partial charge in [-0.2, -0.15) is 0 Å². The van der Waals surface area contributed by atoms with E-state index in [0.29, 0.717) is 5.57 Å². The molecule has 0 bridgehead atoms. The molecule has 8 aromatic rings. The molecule has 5 heterocycles. The van der Waals surface area contributed by atoms with Crippen LogP contribution in [0.3, 0.4) is 0 Å². The van der Waals surface area contributed by atoms with Gasteiger partial charge in [0, 0.05) is 0 Å². The molecule has 5 nitrogen and oxygen atoms in total. The van der Waals surface area contributed by atoms with Gasteiger partial charge in [0.15, 0.2) is 0 Å². The molecule has 0 radical (unpaired) electrons. The Morgan fingerprint density at radius 3 is 2.31 bits per heavy atom. The second-order valence-corrected chi connectivity index (χ2v) is 16.2. The van der Waals surface area contributed by atoms with E-state index in [9.17, 15) is 15.8 Å². The second kappa shape index (κ2) is 9.23. The van der Waals surface area contributed by atoms with Gasteiger partial charge in [0.2, 0.25) is 0 Å². The number of fused-ring (bicyclic) bond motifs is 10. The number of pyridine rings is 1. The summed E-state index contributed by atoms with van der Waals surface area (Å²) in [6, 6.07) is 32.8. The fraction of sp³-hybridized carbons (Fsp3) is 0.0789. The number of benzene rings is 4. The van der Waals surface area contributed by atoms with Crippen LogP contribution in [0, 0.1) is 34.0 Å². The first-order valence-electron chi connectivity index (χ1n) is 14.4. The van der Waals surface area contributed by atoms with E-state index < -0.39 is 5.60 Å². The quantitative estimate of drug-likeness (QED) is 0.134. The number of nitriles is 3. The average molecular weight is 707 g/mol. The Morgan fingerprint density at radius 2 is 1.51 bits per heavy atom. The van der Waals surface area contributed by atoms with Crippen LogP contribution in [-0.4, -0.2) is 39.0 Å². The van der Waals surface area contributed by atoms with E-state index in [-0.39, 0.29) is 45.9 Å². The van der Waals surface area contributed by atoms with Crippen molar-refractivity contribution in [1.82, 2.24) is 4.40 Å². The summed E-state index contributed by atoms with van der Waals surface area (Å²) in [6.07, 6.45) is 4.05. The van der Waals surface area contributed by atoms with E-state index in [1.807, 2.05) is 32.1 Å². The summed E-state index contributed by atoms with van der Waals surface area (Å²) < 4.78 is 14.1. The van der Waals surface area contributed by atoms with Crippen molar-refractivity contribution in [3.63, 3.8) is 0 Å². The molecule has 7 heteroatoms. The van der Waals surface area contributed by atoms with Crippen molar-refractivity contribution in [1.29, 1.82) is 15.8 Å². The summed E-state index contributed by atoms with van der Waals surface area (Å²) in [4.78, 5) is 0. The third-order valence-electron chi connectivity index (χ3n) is 8.97. The normalized spacial score (nSPS) is 15.0. The van der Waals surface area contributed by atoms with Crippen LogP contribution < -0.4 is 0 Å². The zero-order valence-corrected chi connectivity index (χ0v) is 27.5. The van der Waals surface area contributed by atoms with E-state index >= 15 is 0 Å². The molecule has 210 valence electrons. The molecule has 1 aliphatic rings. The number of allylic oxidation sites excluding steroid dienone is 2. The van der Waals surface area contributed by atoms with Crippen LogP contribution in [0.25, 0.3) is 73.1 Å². The topological polar surface area (TPSA) is 85.0 Å². The summed E-state index contributed by atoms with van der Waals surface area (Å²) >= 11 is 0.189. The van der Waals surface area contributed by atoms with E-state index in [0.717, 1.165) is 0 Å². The number of aromatic nitrogens is 1. The first-order chi connectivity index (χ1) is 21.9. The van der Waals surface area contributed by atoms with Gasteiger partial charge < -0.3 is 0 Å². The van der Waals surface area contributed by atoms with Crippen LogP contribution in [0.15, 0.2) is 101 Å². The molecule has 0 unspecified atom stereocenters. The molecule has 0 spiro atoms. The zero-order chi connectivity index (χ0) is 30.6. The third kappa shape index (κ3) is 3.46. The van der Waals surface area contributed by atoms with Crippen molar-refractivity contribution in [2.75, 3.05) is 0 Å². The Morgan fingerprint density at radius 1 is 0.778 bits per heavy atom. The molecule has 4 aromatic heterocycles. The Kier molecular flexibility index (Phi) is 5.41. The molecule has 1 aliphatic heterocycles. The monoisotopic (exact) mass is 708 g/mol. The van der Waals surface area contributed by atoms with Gasteiger partial charge in [0.1, 0.15) is 0 Å². The molecule has 0 saturated heterocycles. The van der Waals surface area contributed by atoms with Crippen molar-refractivity contribution >= 4 is 102 Å². The van der Waals surface area contributed by atoms with Gasteiger partial charge in [0.25, 0.3) is 0 Å². The molecule has 0 amide bonds. The van der Waals surface area contributed by atoms with Gasteiger partial charge in [-0.25, -0.2) is 0 Å². The number of hydrogen-bond donors (Lipinski definition) is 0. The maximum absolute atomic E-state index is 9.97. The van der Waals surface area contributed by atoms with Gasteiger partial charge in [-0.1, -0.05) is 0 Å². The van der Waals surface area contributed by atoms with Crippen molar-refractivity contribution < 1.29 is 4.74 Å². The summed E-state index contributed by atoms with van der Waals surface area (Å²) in [5, 5.41) is 39.3. The molecule has 0 aliphatic carbocycles. The molecular formula is C38H20N4OSe2. The summed E-state index contributed by atoms with van der Waals surface area (Å²) in [6.45, 7) is 3.73. The average Bonchev–Trinajstić information content (AvgIpc) is 3.77. The van der Waals surface area contributed by atoms with Crippen molar-refractivity contribution in [3.8, 4) is 18.2 Å². The second-order valence-electron chi connectivity index (χ2n) is 11.8. The van der Waals surface area contributed by atoms with Crippen molar-refractivity contribution in [3.05, 3.63) is 106 Å². The molecule has 4 aromatic carbocycles. The maximum atomic E-state index is 9.97. The molecule has 0 saturated carbocycles. The molecule has 45 heavy (non-hydrogen) atoms. The summed E-state index contributed by atoms with van der Waals surface area (Å²) in [5.74, 6) is 0.0727. The number of nitrogens with zero attached hydrogens (tertiary/aromatic N) is 4. The van der Waals surface area contributed by atoms with Gasteiger partial charge in [-0.05, 0) is 0 Å². The van der Waals surface area contributed by atoms with Crippen LogP contribution in [0.2, 0.25) is 0 Å². The number of ether oxygens (including phenoxy) is 1. The fourth-order valence-corrected chi connectivity index (χ4v) is 13.3. The van der Waals surface area contributed by atoms with Gasteiger partial charge in [-0.3, -0.25) is 0 Å². The SMILES string of the molecule is CC1(C)OC(=C(C#N)C#N)C(C#N)=C1/C=C/c1cc2[se]c3c(c4cccc5ccc6c7ccc8ccccc8c7n3c6c54)c2[se]1. The molecule has 9 rings (SSSR count). The minimum atomic E-state index is -0.829. The van der Waals surface area contributed by atoms with Gasteiger partial charge in [-0.15, -0.1) is 0 Å². The predicted molar refractivity (Wildman–Crippen MR) is 183 cm³/mol. The Balaban J connectivity index is 1.33.